The van der Waals surface area contributed by atoms with Crippen LogP contribution in [0.25, 0.3) is 0 Å². The number of carbonyl (C=O) groups excluding carboxylic acids is 2. The summed E-state index contributed by atoms with van der Waals surface area (Å²) in [5, 5.41) is 0. The van der Waals surface area contributed by atoms with Gasteiger partial charge >= 0.3 is 0 Å². The van der Waals surface area contributed by atoms with Crippen LogP contribution in [-0.4, -0.2) is 49.9 Å². The number of rotatable bonds is 3. The maximum Gasteiger partial charge on any atom is 0.229 e. The Morgan fingerprint density at radius 1 is 1.00 bits per heavy atom. The quantitative estimate of drug-likeness (QED) is 0.820. The molecule has 0 radical (unpaired) electrons. The third kappa shape index (κ3) is 2.36. The highest BCUT2D eigenvalue weighted by atomic mass is 16.5. The number of benzene rings is 1. The maximum atomic E-state index is 13.5. The highest BCUT2D eigenvalue weighted by molar-refractivity contribution is 5.99. The molecule has 1 aliphatic heterocycles. The van der Waals surface area contributed by atoms with Gasteiger partial charge in [-0.1, -0.05) is 20.8 Å². The van der Waals surface area contributed by atoms with E-state index in [2.05, 4.69) is 37.8 Å². The molecule has 27 heavy (non-hydrogen) atoms. The summed E-state index contributed by atoms with van der Waals surface area (Å²) in [5.74, 6) is 1.34. The number of ether oxygens (including phenoxy) is 1. The van der Waals surface area contributed by atoms with Gasteiger partial charge in [0, 0.05) is 43.7 Å². The van der Waals surface area contributed by atoms with E-state index in [0.717, 1.165) is 37.4 Å². The molecule has 0 aromatic heterocycles. The molecule has 0 N–H and O–H groups in total. The molecule has 1 aromatic carbocycles. The summed E-state index contributed by atoms with van der Waals surface area (Å²) in [5.41, 5.74) is 0.0570. The molecule has 4 rings (SSSR count). The van der Waals surface area contributed by atoms with Crippen molar-refractivity contribution < 1.29 is 14.3 Å². The van der Waals surface area contributed by atoms with Crippen LogP contribution in [0.3, 0.4) is 0 Å². The molecular formula is C22H30N2O3. The zero-order valence-electron chi connectivity index (χ0n) is 16.9. The van der Waals surface area contributed by atoms with Gasteiger partial charge in [0.1, 0.15) is 11.5 Å². The van der Waals surface area contributed by atoms with Crippen LogP contribution in [0, 0.1) is 16.2 Å². The third-order valence-corrected chi connectivity index (χ3v) is 8.12. The predicted molar refractivity (Wildman–Crippen MR) is 105 cm³/mol. The van der Waals surface area contributed by atoms with Crippen molar-refractivity contribution in [1.29, 1.82) is 0 Å². The van der Waals surface area contributed by atoms with Gasteiger partial charge in [0.25, 0.3) is 0 Å². The number of amides is 1. The Morgan fingerprint density at radius 3 is 2.11 bits per heavy atom. The van der Waals surface area contributed by atoms with Crippen molar-refractivity contribution in [3.8, 4) is 5.75 Å². The Labute approximate surface area is 161 Å². The molecule has 2 saturated carbocycles. The van der Waals surface area contributed by atoms with E-state index in [1.54, 1.807) is 7.11 Å². The second kappa shape index (κ2) is 5.98. The van der Waals surface area contributed by atoms with E-state index in [-0.39, 0.29) is 22.5 Å². The SMILES string of the molecule is COc1ccc(N2CCN(C(=O)[C@@]34CC[C@](C)(C(=O)C3)C4(C)C)CC2)cc1. The van der Waals surface area contributed by atoms with Gasteiger partial charge in [-0.2, -0.15) is 0 Å². The first-order valence-corrected chi connectivity index (χ1v) is 9.97. The largest absolute Gasteiger partial charge is 0.497 e. The minimum absolute atomic E-state index is 0.205. The molecule has 1 saturated heterocycles. The molecule has 146 valence electrons. The van der Waals surface area contributed by atoms with Crippen LogP contribution >= 0.6 is 0 Å². The number of methoxy groups -OCH3 is 1. The Hall–Kier alpha value is -2.04. The van der Waals surface area contributed by atoms with Crippen molar-refractivity contribution >= 4 is 17.4 Å². The molecule has 2 aliphatic carbocycles. The molecule has 1 aromatic rings. The zero-order chi connectivity index (χ0) is 19.4. The molecule has 3 aliphatic rings. The standard InChI is InChI=1S/C22H30N2O3/c1-20(2)21(3)9-10-22(20,15-18(21)25)19(26)24-13-11-23(12-14-24)16-5-7-17(27-4)8-6-16/h5-8H,9-15H2,1-4H3/t21-,22-/m1/s1. The van der Waals surface area contributed by atoms with Gasteiger partial charge in [-0.25, -0.2) is 0 Å². The lowest BCUT2D eigenvalue weighted by Gasteiger charge is -2.44. The fraction of sp³-hybridized carbons (Fsp3) is 0.636. The molecule has 0 unspecified atom stereocenters. The lowest BCUT2D eigenvalue weighted by molar-refractivity contribution is -0.148. The van der Waals surface area contributed by atoms with Crippen molar-refractivity contribution in [2.75, 3.05) is 38.2 Å². The van der Waals surface area contributed by atoms with Crippen molar-refractivity contribution in [3.05, 3.63) is 24.3 Å². The lowest BCUT2D eigenvalue weighted by Crippen LogP contribution is -2.55. The Kier molecular flexibility index (Phi) is 4.06. The van der Waals surface area contributed by atoms with E-state index in [1.165, 1.54) is 0 Å². The van der Waals surface area contributed by atoms with Crippen molar-refractivity contribution in [1.82, 2.24) is 4.90 Å². The number of fused-ring (bicyclic) bond motifs is 2. The summed E-state index contributed by atoms with van der Waals surface area (Å²) in [6.45, 7) is 9.41. The number of hydrogen-bond acceptors (Lipinski definition) is 4. The average molecular weight is 370 g/mol. The zero-order valence-corrected chi connectivity index (χ0v) is 16.9. The van der Waals surface area contributed by atoms with Crippen LogP contribution in [0.2, 0.25) is 0 Å². The first-order valence-electron chi connectivity index (χ1n) is 9.97. The first-order chi connectivity index (χ1) is 12.7. The third-order valence-electron chi connectivity index (χ3n) is 8.12. The molecular weight excluding hydrogens is 340 g/mol. The van der Waals surface area contributed by atoms with Crippen molar-refractivity contribution in [3.63, 3.8) is 0 Å². The Bertz CT molecular complexity index is 764. The number of carbonyl (C=O) groups is 2. The fourth-order valence-electron chi connectivity index (χ4n) is 5.60. The van der Waals surface area contributed by atoms with Crippen LogP contribution in [-0.2, 0) is 9.59 Å². The van der Waals surface area contributed by atoms with E-state index in [0.29, 0.717) is 19.5 Å². The highest BCUT2D eigenvalue weighted by Gasteiger charge is 2.73. The van der Waals surface area contributed by atoms with Crippen molar-refractivity contribution in [2.24, 2.45) is 16.2 Å². The average Bonchev–Trinajstić information content (AvgIpc) is 2.98. The number of nitrogens with zero attached hydrogens (tertiary/aromatic N) is 2. The lowest BCUT2D eigenvalue weighted by atomic mass is 9.64. The van der Waals surface area contributed by atoms with E-state index in [9.17, 15) is 9.59 Å². The number of hydrogen-bond donors (Lipinski definition) is 0. The van der Waals surface area contributed by atoms with Gasteiger partial charge in [-0.05, 0) is 42.5 Å². The van der Waals surface area contributed by atoms with Gasteiger partial charge in [0.15, 0.2) is 0 Å². The molecule has 3 fully saturated rings. The Morgan fingerprint density at radius 2 is 1.63 bits per heavy atom. The molecule has 2 atom stereocenters. The highest BCUT2D eigenvalue weighted by Crippen LogP contribution is 2.71. The number of ketones is 1. The first kappa shape index (κ1) is 18.3. The summed E-state index contributed by atoms with van der Waals surface area (Å²) < 4.78 is 5.23. The smallest absolute Gasteiger partial charge is 0.229 e. The summed E-state index contributed by atoms with van der Waals surface area (Å²) in [6, 6.07) is 8.07. The van der Waals surface area contributed by atoms with Gasteiger partial charge in [-0.15, -0.1) is 0 Å². The molecule has 1 amide bonds. The molecule has 0 spiro atoms. The van der Waals surface area contributed by atoms with E-state index in [4.69, 9.17) is 4.74 Å². The van der Waals surface area contributed by atoms with Gasteiger partial charge in [-0.3, -0.25) is 9.59 Å². The summed E-state index contributed by atoms with van der Waals surface area (Å²) in [7, 11) is 1.67. The van der Waals surface area contributed by atoms with Crippen LogP contribution in [0.1, 0.15) is 40.0 Å². The second-order valence-corrected chi connectivity index (χ2v) is 9.12. The van der Waals surface area contributed by atoms with E-state index < -0.39 is 5.41 Å². The van der Waals surface area contributed by atoms with Gasteiger partial charge in [0.05, 0.1) is 12.5 Å². The minimum Gasteiger partial charge on any atom is -0.497 e. The molecule has 5 nitrogen and oxygen atoms in total. The minimum atomic E-state index is -0.499. The topological polar surface area (TPSA) is 49.9 Å². The number of anilines is 1. The predicted octanol–water partition coefficient (Wildman–Crippen LogP) is 3.13. The van der Waals surface area contributed by atoms with Crippen LogP contribution in [0.15, 0.2) is 24.3 Å². The molecule has 1 heterocycles. The normalized spacial score (nSPS) is 32.1. The van der Waals surface area contributed by atoms with Crippen LogP contribution < -0.4 is 9.64 Å². The molecule has 2 bridgehead atoms. The maximum absolute atomic E-state index is 13.5. The summed E-state index contributed by atoms with van der Waals surface area (Å²) >= 11 is 0. The fourth-order valence-corrected chi connectivity index (χ4v) is 5.60. The summed E-state index contributed by atoms with van der Waals surface area (Å²) in [6.07, 6.45) is 2.12. The second-order valence-electron chi connectivity index (χ2n) is 9.12. The van der Waals surface area contributed by atoms with Gasteiger partial charge in [0.2, 0.25) is 5.91 Å². The number of Topliss-reactive ketones (excluding diaryl/α,β-unsaturated/α-hetero) is 1. The Balaban J connectivity index is 1.47. The van der Waals surface area contributed by atoms with E-state index >= 15 is 0 Å². The van der Waals surface area contributed by atoms with E-state index in [1.807, 2.05) is 17.0 Å². The molecule has 5 heteroatoms. The van der Waals surface area contributed by atoms with Crippen LogP contribution in [0.5, 0.6) is 5.75 Å². The summed E-state index contributed by atoms with van der Waals surface area (Å²) in [4.78, 5) is 30.5. The van der Waals surface area contributed by atoms with Crippen LogP contribution in [0.4, 0.5) is 5.69 Å². The van der Waals surface area contributed by atoms with Crippen molar-refractivity contribution in [2.45, 2.75) is 40.0 Å². The monoisotopic (exact) mass is 370 g/mol. The number of piperazine rings is 1. The van der Waals surface area contributed by atoms with Gasteiger partial charge < -0.3 is 14.5 Å².